The molecule has 7 heteroatoms. The van der Waals surface area contributed by atoms with Crippen LogP contribution in [0.4, 0.5) is 5.69 Å². The molecule has 2 N–H and O–H groups in total. The molecule has 1 aliphatic rings. The van der Waals surface area contributed by atoms with Crippen LogP contribution in [0.2, 0.25) is 0 Å². The number of aromatic nitrogens is 5. The van der Waals surface area contributed by atoms with Crippen LogP contribution in [0, 0.1) is 6.92 Å². The van der Waals surface area contributed by atoms with Crippen LogP contribution in [-0.2, 0) is 0 Å². The molecule has 5 heterocycles. The van der Waals surface area contributed by atoms with Crippen LogP contribution in [-0.4, -0.2) is 49.2 Å². The molecule has 29 heavy (non-hydrogen) atoms. The number of anilines is 1. The van der Waals surface area contributed by atoms with Gasteiger partial charge in [-0.2, -0.15) is 0 Å². The van der Waals surface area contributed by atoms with Crippen molar-refractivity contribution in [3.05, 3.63) is 54.6 Å². The zero-order valence-corrected chi connectivity index (χ0v) is 16.2. The smallest absolute Gasteiger partial charge is 0.180 e. The number of aliphatic hydroxyl groups is 1. The fourth-order valence-electron chi connectivity index (χ4n) is 3.80. The molecular weight excluding hydrogens is 364 g/mol. The number of hydrogen-bond donors (Lipinski definition) is 2. The first-order chi connectivity index (χ1) is 14.2. The second kappa shape index (κ2) is 7.25. The van der Waals surface area contributed by atoms with Crippen LogP contribution < -0.4 is 4.90 Å². The van der Waals surface area contributed by atoms with Crippen molar-refractivity contribution in [1.82, 2.24) is 24.9 Å². The average Bonchev–Trinajstić information content (AvgIpc) is 3.22. The number of nitrogens with one attached hydrogen (secondary N) is 1. The summed E-state index contributed by atoms with van der Waals surface area (Å²) in [7, 11) is 0. The number of H-pyrrole nitrogens is 1. The molecule has 0 saturated carbocycles. The Morgan fingerprint density at radius 1 is 1.07 bits per heavy atom. The molecule has 0 unspecified atom stereocenters. The molecule has 7 nitrogen and oxygen atoms in total. The molecule has 0 atom stereocenters. The fourth-order valence-corrected chi connectivity index (χ4v) is 3.80. The summed E-state index contributed by atoms with van der Waals surface area (Å²) in [5, 5.41) is 10.7. The number of pyridine rings is 2. The molecular formula is C22H22N6O. The Balaban J connectivity index is 1.60. The number of rotatable bonds is 3. The Hall–Kier alpha value is -3.32. The monoisotopic (exact) mass is 386 g/mol. The molecule has 4 aromatic rings. The highest BCUT2D eigenvalue weighted by molar-refractivity contribution is 5.92. The van der Waals surface area contributed by atoms with E-state index in [4.69, 9.17) is 4.98 Å². The molecule has 0 aliphatic carbocycles. The van der Waals surface area contributed by atoms with Gasteiger partial charge in [0.15, 0.2) is 5.82 Å². The van der Waals surface area contributed by atoms with Gasteiger partial charge >= 0.3 is 0 Å². The second-order valence-electron chi connectivity index (χ2n) is 7.45. The zero-order chi connectivity index (χ0) is 19.8. The molecule has 1 fully saturated rings. The summed E-state index contributed by atoms with van der Waals surface area (Å²) < 4.78 is 0. The zero-order valence-electron chi connectivity index (χ0n) is 16.2. The molecule has 146 valence electrons. The van der Waals surface area contributed by atoms with Gasteiger partial charge in [0.1, 0.15) is 11.3 Å². The van der Waals surface area contributed by atoms with E-state index in [1.807, 2.05) is 49.8 Å². The molecule has 0 aromatic carbocycles. The van der Waals surface area contributed by atoms with E-state index in [0.29, 0.717) is 5.82 Å². The third kappa shape index (κ3) is 3.45. The largest absolute Gasteiger partial charge is 0.393 e. The minimum atomic E-state index is -0.201. The SMILES string of the molecule is Cc1cccc(-c2nc(-c3cncc(N4CCC(O)CC4)c3)c3cc[nH]c3n2)n1. The van der Waals surface area contributed by atoms with Gasteiger partial charge in [-0.3, -0.25) is 4.98 Å². The minimum Gasteiger partial charge on any atom is -0.393 e. The van der Waals surface area contributed by atoms with E-state index in [1.165, 1.54) is 0 Å². The Bertz CT molecular complexity index is 1160. The molecule has 5 rings (SSSR count). The lowest BCUT2D eigenvalue weighted by molar-refractivity contribution is 0.145. The maximum Gasteiger partial charge on any atom is 0.180 e. The van der Waals surface area contributed by atoms with Gasteiger partial charge in [0, 0.05) is 42.1 Å². The number of hydrogen-bond acceptors (Lipinski definition) is 6. The predicted molar refractivity (Wildman–Crippen MR) is 113 cm³/mol. The Kier molecular flexibility index (Phi) is 4.44. The molecule has 0 amide bonds. The topological polar surface area (TPSA) is 90.8 Å². The van der Waals surface area contributed by atoms with Crippen molar-refractivity contribution < 1.29 is 5.11 Å². The van der Waals surface area contributed by atoms with E-state index in [0.717, 1.165) is 65.3 Å². The van der Waals surface area contributed by atoms with Gasteiger partial charge in [0.05, 0.1) is 23.7 Å². The van der Waals surface area contributed by atoms with Crippen molar-refractivity contribution in [2.24, 2.45) is 0 Å². The van der Waals surface area contributed by atoms with E-state index in [-0.39, 0.29) is 6.10 Å². The Morgan fingerprint density at radius 2 is 1.93 bits per heavy atom. The summed E-state index contributed by atoms with van der Waals surface area (Å²) in [4.78, 5) is 24.0. The van der Waals surface area contributed by atoms with Gasteiger partial charge in [-0.15, -0.1) is 0 Å². The van der Waals surface area contributed by atoms with Gasteiger partial charge in [0.2, 0.25) is 0 Å². The summed E-state index contributed by atoms with van der Waals surface area (Å²) >= 11 is 0. The maximum atomic E-state index is 9.79. The van der Waals surface area contributed by atoms with E-state index >= 15 is 0 Å². The van der Waals surface area contributed by atoms with Crippen molar-refractivity contribution >= 4 is 16.7 Å². The molecule has 0 bridgehead atoms. The van der Waals surface area contributed by atoms with Gasteiger partial charge < -0.3 is 15.0 Å². The van der Waals surface area contributed by atoms with Gasteiger partial charge in [-0.25, -0.2) is 15.0 Å². The van der Waals surface area contributed by atoms with Gasteiger partial charge in [-0.05, 0) is 44.0 Å². The van der Waals surface area contributed by atoms with Gasteiger partial charge in [-0.1, -0.05) is 6.07 Å². The first kappa shape index (κ1) is 17.8. The third-order valence-electron chi connectivity index (χ3n) is 5.36. The molecule has 4 aromatic heterocycles. The number of aromatic amines is 1. The Morgan fingerprint density at radius 3 is 2.76 bits per heavy atom. The summed E-state index contributed by atoms with van der Waals surface area (Å²) in [6.07, 6.45) is 6.95. The number of piperidine rings is 1. The predicted octanol–water partition coefficient (Wildman–Crippen LogP) is 3.35. The number of aryl methyl sites for hydroxylation is 1. The number of fused-ring (bicyclic) bond motifs is 1. The molecule has 1 aliphatic heterocycles. The number of nitrogens with zero attached hydrogens (tertiary/aromatic N) is 5. The van der Waals surface area contributed by atoms with E-state index in [1.54, 1.807) is 0 Å². The van der Waals surface area contributed by atoms with Crippen molar-refractivity contribution in [1.29, 1.82) is 0 Å². The first-order valence-electron chi connectivity index (χ1n) is 9.85. The third-order valence-corrected chi connectivity index (χ3v) is 5.36. The summed E-state index contributed by atoms with van der Waals surface area (Å²) in [5.41, 5.74) is 5.27. The quantitative estimate of drug-likeness (QED) is 0.561. The van der Waals surface area contributed by atoms with Crippen molar-refractivity contribution in [3.8, 4) is 22.8 Å². The maximum absolute atomic E-state index is 9.79. The Labute approximate surface area is 168 Å². The van der Waals surface area contributed by atoms with Crippen LogP contribution in [0.3, 0.4) is 0 Å². The summed E-state index contributed by atoms with van der Waals surface area (Å²) in [6, 6.07) is 9.96. The summed E-state index contributed by atoms with van der Waals surface area (Å²) in [6.45, 7) is 3.61. The molecule has 0 spiro atoms. The minimum absolute atomic E-state index is 0.201. The highest BCUT2D eigenvalue weighted by Crippen LogP contribution is 2.30. The number of aliphatic hydroxyl groups excluding tert-OH is 1. The van der Waals surface area contributed by atoms with Crippen LogP contribution in [0.1, 0.15) is 18.5 Å². The van der Waals surface area contributed by atoms with Gasteiger partial charge in [0.25, 0.3) is 0 Å². The first-order valence-corrected chi connectivity index (χ1v) is 9.85. The van der Waals surface area contributed by atoms with Crippen molar-refractivity contribution in [3.63, 3.8) is 0 Å². The molecule has 0 radical (unpaired) electrons. The normalized spacial score (nSPS) is 15.2. The molecule has 1 saturated heterocycles. The van der Waals surface area contributed by atoms with Crippen LogP contribution in [0.25, 0.3) is 33.8 Å². The van der Waals surface area contributed by atoms with Crippen LogP contribution in [0.15, 0.2) is 48.9 Å². The lowest BCUT2D eigenvalue weighted by Gasteiger charge is -2.31. The fraction of sp³-hybridized carbons (Fsp3) is 0.273. The second-order valence-corrected chi connectivity index (χ2v) is 7.45. The van der Waals surface area contributed by atoms with Crippen molar-refractivity contribution in [2.45, 2.75) is 25.9 Å². The van der Waals surface area contributed by atoms with E-state index in [9.17, 15) is 5.11 Å². The van der Waals surface area contributed by atoms with E-state index in [2.05, 4.69) is 30.9 Å². The lowest BCUT2D eigenvalue weighted by Crippen LogP contribution is -2.35. The summed E-state index contributed by atoms with van der Waals surface area (Å²) in [5.74, 6) is 0.588. The van der Waals surface area contributed by atoms with Crippen LogP contribution >= 0.6 is 0 Å². The average molecular weight is 386 g/mol. The van der Waals surface area contributed by atoms with E-state index < -0.39 is 0 Å². The van der Waals surface area contributed by atoms with Crippen molar-refractivity contribution in [2.75, 3.05) is 18.0 Å². The highest BCUT2D eigenvalue weighted by atomic mass is 16.3. The standard InChI is InChI=1S/C22H22N6O/c1-14-3-2-4-19(25-14)22-26-20(18-5-8-24-21(18)27-22)15-11-16(13-23-12-15)28-9-6-17(29)7-10-28/h2-5,8,11-13,17,29H,6-7,9-10H2,1H3,(H,24,26,27). The highest BCUT2D eigenvalue weighted by Gasteiger charge is 2.19. The lowest BCUT2D eigenvalue weighted by atomic mass is 10.1. The van der Waals surface area contributed by atoms with Crippen LogP contribution in [0.5, 0.6) is 0 Å².